The molecule has 4 aromatic heterocycles. The highest BCUT2D eigenvalue weighted by Crippen LogP contribution is 2.43. The first-order valence-corrected chi connectivity index (χ1v) is 23.8. The van der Waals surface area contributed by atoms with Gasteiger partial charge in [0, 0.05) is 71.3 Å². The van der Waals surface area contributed by atoms with Crippen LogP contribution in [0.4, 0.5) is 0 Å². The maximum atomic E-state index is 5.48. The lowest BCUT2D eigenvalue weighted by molar-refractivity contribution is 1.16. The number of para-hydroxylation sites is 4. The van der Waals surface area contributed by atoms with Crippen LogP contribution in [0.15, 0.2) is 249 Å². The van der Waals surface area contributed by atoms with Crippen molar-refractivity contribution in [2.45, 2.75) is 0 Å². The van der Waals surface area contributed by atoms with E-state index in [9.17, 15) is 0 Å². The van der Waals surface area contributed by atoms with Gasteiger partial charge >= 0.3 is 0 Å². The molecule has 70 heavy (non-hydrogen) atoms. The van der Waals surface area contributed by atoms with Gasteiger partial charge in [0.15, 0.2) is 5.82 Å². The van der Waals surface area contributed by atoms with Crippen molar-refractivity contribution in [1.82, 2.24) is 24.1 Å². The Bertz CT molecular complexity index is 4270. The normalized spacial score (nSPS) is 11.7. The average molecular weight is 892 g/mol. The van der Waals surface area contributed by atoms with E-state index in [-0.39, 0.29) is 0 Å². The molecule has 0 saturated heterocycles. The number of aromatic nitrogens is 5. The summed E-state index contributed by atoms with van der Waals surface area (Å²) in [6.45, 7) is 0. The number of fused-ring (bicyclic) bond motifs is 10. The summed E-state index contributed by atoms with van der Waals surface area (Å²) in [4.78, 5) is 16.0. The summed E-state index contributed by atoms with van der Waals surface area (Å²) in [6, 6.07) is 88.4. The molecule has 14 aromatic rings. The van der Waals surface area contributed by atoms with Crippen LogP contribution in [0.3, 0.4) is 0 Å². The van der Waals surface area contributed by atoms with E-state index in [0.29, 0.717) is 5.82 Å². The van der Waals surface area contributed by atoms with Gasteiger partial charge in [-0.05, 0) is 71.8 Å². The molecule has 326 valence electrons. The van der Waals surface area contributed by atoms with E-state index in [1.165, 1.54) is 38.0 Å². The van der Waals surface area contributed by atoms with Crippen molar-refractivity contribution in [3.8, 4) is 67.7 Å². The van der Waals surface area contributed by atoms with Gasteiger partial charge in [-0.2, -0.15) is 0 Å². The second kappa shape index (κ2) is 16.1. The van der Waals surface area contributed by atoms with Crippen molar-refractivity contribution < 1.29 is 0 Å². The Morgan fingerprint density at radius 2 is 0.757 bits per heavy atom. The largest absolute Gasteiger partial charge is 0.309 e. The maximum Gasteiger partial charge on any atom is 0.160 e. The fraction of sp³-hybridized carbons (Fsp3) is 0. The second-order valence-electron chi connectivity index (χ2n) is 18.0. The van der Waals surface area contributed by atoms with Crippen LogP contribution in [-0.2, 0) is 0 Å². The lowest BCUT2D eigenvalue weighted by Gasteiger charge is -2.14. The fourth-order valence-corrected chi connectivity index (χ4v) is 10.7. The van der Waals surface area contributed by atoms with Gasteiger partial charge < -0.3 is 9.13 Å². The number of hydrogen-bond acceptors (Lipinski definition) is 3. The molecule has 0 aliphatic rings. The van der Waals surface area contributed by atoms with Crippen molar-refractivity contribution in [1.29, 1.82) is 0 Å². The zero-order valence-corrected chi connectivity index (χ0v) is 37.9. The number of benzene rings is 10. The summed E-state index contributed by atoms with van der Waals surface area (Å²) in [5.41, 5.74) is 16.8. The monoisotopic (exact) mass is 891 g/mol. The Morgan fingerprint density at radius 1 is 0.257 bits per heavy atom. The zero-order chi connectivity index (χ0) is 46.1. The van der Waals surface area contributed by atoms with Crippen molar-refractivity contribution in [2.75, 3.05) is 0 Å². The van der Waals surface area contributed by atoms with Crippen LogP contribution in [0.2, 0.25) is 0 Å². The first-order valence-electron chi connectivity index (χ1n) is 23.8. The van der Waals surface area contributed by atoms with Gasteiger partial charge in [0.25, 0.3) is 0 Å². The van der Waals surface area contributed by atoms with Crippen molar-refractivity contribution in [3.63, 3.8) is 0 Å². The Morgan fingerprint density at radius 3 is 1.44 bits per heavy atom. The summed E-state index contributed by atoms with van der Waals surface area (Å²) in [5.74, 6) is 0.672. The van der Waals surface area contributed by atoms with Gasteiger partial charge in [0.2, 0.25) is 0 Å². The molecular weight excluding hydrogens is 851 g/mol. The van der Waals surface area contributed by atoms with Crippen LogP contribution >= 0.6 is 0 Å². The van der Waals surface area contributed by atoms with Crippen LogP contribution in [0.1, 0.15) is 0 Å². The van der Waals surface area contributed by atoms with Gasteiger partial charge in [0.1, 0.15) is 0 Å². The minimum atomic E-state index is 0.672. The highest BCUT2D eigenvalue weighted by atomic mass is 15.0. The van der Waals surface area contributed by atoms with E-state index in [2.05, 4.69) is 252 Å². The number of pyridine rings is 1. The van der Waals surface area contributed by atoms with Gasteiger partial charge in [-0.25, -0.2) is 15.0 Å². The molecule has 0 aliphatic heterocycles. The Kier molecular flexibility index (Phi) is 9.14. The minimum Gasteiger partial charge on any atom is -0.309 e. The fourth-order valence-electron chi connectivity index (χ4n) is 10.7. The van der Waals surface area contributed by atoms with E-state index in [1.54, 1.807) is 0 Å². The van der Waals surface area contributed by atoms with Crippen molar-refractivity contribution in [3.05, 3.63) is 249 Å². The quantitative estimate of drug-likeness (QED) is 0.150. The van der Waals surface area contributed by atoms with E-state index in [1.807, 2.05) is 6.07 Å². The highest BCUT2D eigenvalue weighted by Gasteiger charge is 2.21. The molecule has 0 atom stereocenters. The molecule has 0 radical (unpaired) electrons. The van der Waals surface area contributed by atoms with Gasteiger partial charge in [-0.3, -0.25) is 0 Å². The van der Waals surface area contributed by atoms with Gasteiger partial charge in [0.05, 0.1) is 44.7 Å². The lowest BCUT2D eigenvalue weighted by atomic mass is 9.94. The number of rotatable bonds is 7. The topological polar surface area (TPSA) is 48.5 Å². The minimum absolute atomic E-state index is 0.672. The highest BCUT2D eigenvalue weighted by molar-refractivity contribution is 6.29. The van der Waals surface area contributed by atoms with Crippen LogP contribution in [0, 0.1) is 0 Å². The van der Waals surface area contributed by atoms with Crippen LogP contribution in [0.5, 0.6) is 0 Å². The first-order chi connectivity index (χ1) is 34.7. The Labute approximate surface area is 403 Å². The Hall–Kier alpha value is -9.45. The number of nitrogens with zero attached hydrogens (tertiary/aromatic N) is 5. The molecule has 0 bridgehead atoms. The standard InChI is InChI=1S/C65H41N5/c1-4-17-43(18-5-1)55-41-56(68-65(67-55)47-21-16-24-49(39-47)70-58-28-13-10-25-50(58)51-26-11-14-29-59(51)70)44-33-31-42(32-34-44)46-35-36-52-57(40-46)66-64(45-19-6-2-7-20-45)54-37-38-61-63(62(52)54)53-27-12-15-30-60(53)69(61)48-22-8-3-9-23-48/h1-41H. The molecule has 0 N–H and O–H groups in total. The molecular formula is C65H41N5. The Balaban J connectivity index is 0.896. The van der Waals surface area contributed by atoms with Crippen molar-refractivity contribution >= 4 is 65.3 Å². The molecule has 0 saturated carbocycles. The third-order valence-corrected chi connectivity index (χ3v) is 13.9. The van der Waals surface area contributed by atoms with E-state index in [0.717, 1.165) is 89.2 Å². The average Bonchev–Trinajstić information content (AvgIpc) is 3.97. The molecule has 0 amide bonds. The summed E-state index contributed by atoms with van der Waals surface area (Å²) in [7, 11) is 0. The van der Waals surface area contributed by atoms with Gasteiger partial charge in [-0.1, -0.05) is 188 Å². The molecule has 14 rings (SSSR count). The third-order valence-electron chi connectivity index (χ3n) is 13.9. The van der Waals surface area contributed by atoms with Gasteiger partial charge in [-0.15, -0.1) is 0 Å². The summed E-state index contributed by atoms with van der Waals surface area (Å²) in [5, 5.41) is 8.38. The molecule has 0 fully saturated rings. The molecule has 0 spiro atoms. The molecule has 0 unspecified atom stereocenters. The predicted octanol–water partition coefficient (Wildman–Crippen LogP) is 16.7. The smallest absolute Gasteiger partial charge is 0.160 e. The summed E-state index contributed by atoms with van der Waals surface area (Å²) in [6.07, 6.45) is 0. The zero-order valence-electron chi connectivity index (χ0n) is 37.9. The van der Waals surface area contributed by atoms with Crippen molar-refractivity contribution in [2.24, 2.45) is 0 Å². The molecule has 4 heterocycles. The summed E-state index contributed by atoms with van der Waals surface area (Å²) >= 11 is 0. The van der Waals surface area contributed by atoms with Crippen LogP contribution < -0.4 is 0 Å². The van der Waals surface area contributed by atoms with E-state index >= 15 is 0 Å². The SMILES string of the molecule is c1ccc(-c2cc(-c3ccc(-c4ccc5c(c4)nc(-c4ccccc4)c4ccc6c(c7ccccc7n6-c6ccccc6)c45)cc3)nc(-c3cccc(-n4c5ccccc5c5ccccc54)c3)n2)cc1. The lowest BCUT2D eigenvalue weighted by Crippen LogP contribution is -1.98. The van der Waals surface area contributed by atoms with E-state index in [4.69, 9.17) is 15.0 Å². The third kappa shape index (κ3) is 6.44. The molecule has 5 heteroatoms. The predicted molar refractivity (Wildman–Crippen MR) is 291 cm³/mol. The number of hydrogen-bond donors (Lipinski definition) is 0. The van der Waals surface area contributed by atoms with Crippen LogP contribution in [0.25, 0.3) is 133 Å². The first kappa shape index (κ1) is 39.7. The molecule has 0 aliphatic carbocycles. The molecule has 5 nitrogen and oxygen atoms in total. The van der Waals surface area contributed by atoms with E-state index < -0.39 is 0 Å². The maximum absolute atomic E-state index is 5.48. The summed E-state index contributed by atoms with van der Waals surface area (Å²) < 4.78 is 4.73. The molecule has 10 aromatic carbocycles. The van der Waals surface area contributed by atoms with Crippen LogP contribution in [-0.4, -0.2) is 24.1 Å². The second-order valence-corrected chi connectivity index (χ2v) is 18.0.